The molecule has 4 rings (SSSR count). The molecular formula is C19H23F3N2O2. The van der Waals surface area contributed by atoms with Crippen LogP contribution in [0.3, 0.4) is 0 Å². The second-order valence-electron chi connectivity index (χ2n) is 7.13. The number of carbonyl (C=O) groups excluding carboxylic acids is 2. The van der Waals surface area contributed by atoms with Gasteiger partial charge in [-0.1, -0.05) is 19.1 Å². The van der Waals surface area contributed by atoms with Crippen LogP contribution < -0.4 is 0 Å². The Morgan fingerprint density at radius 2 is 1.85 bits per heavy atom. The first-order chi connectivity index (χ1) is 12.3. The van der Waals surface area contributed by atoms with Crippen molar-refractivity contribution in [1.29, 1.82) is 0 Å². The molecule has 0 saturated carbocycles. The minimum atomic E-state index is -4.38. The van der Waals surface area contributed by atoms with E-state index in [2.05, 4.69) is 0 Å². The van der Waals surface area contributed by atoms with Crippen molar-refractivity contribution < 1.29 is 22.8 Å². The van der Waals surface area contributed by atoms with Crippen LogP contribution in [0.15, 0.2) is 24.3 Å². The van der Waals surface area contributed by atoms with Gasteiger partial charge < -0.3 is 9.80 Å². The van der Waals surface area contributed by atoms with Crippen LogP contribution in [0.2, 0.25) is 0 Å². The summed E-state index contributed by atoms with van der Waals surface area (Å²) in [4.78, 5) is 28.8. The van der Waals surface area contributed by atoms with E-state index in [9.17, 15) is 22.8 Å². The number of amides is 2. The molecule has 0 spiro atoms. The van der Waals surface area contributed by atoms with E-state index in [-0.39, 0.29) is 30.2 Å². The Balaban J connectivity index is 1.68. The van der Waals surface area contributed by atoms with Crippen molar-refractivity contribution in [2.24, 2.45) is 5.92 Å². The molecule has 2 atom stereocenters. The SMILES string of the molecule is CCCN1C(=O)[C@H]2CC[C@@H]1CN(C(=O)Cc1ccc(C(F)(F)F)cc1)C2. The molecule has 0 unspecified atom stereocenters. The van der Waals surface area contributed by atoms with Gasteiger partial charge in [0, 0.05) is 25.7 Å². The second kappa shape index (κ2) is 7.29. The molecule has 142 valence electrons. The maximum Gasteiger partial charge on any atom is 0.416 e. The highest BCUT2D eigenvalue weighted by Gasteiger charge is 2.41. The number of hydrogen-bond acceptors (Lipinski definition) is 2. The molecule has 3 aliphatic rings. The third kappa shape index (κ3) is 3.86. The van der Waals surface area contributed by atoms with Crippen molar-refractivity contribution in [3.05, 3.63) is 35.4 Å². The predicted molar refractivity (Wildman–Crippen MR) is 90.2 cm³/mol. The van der Waals surface area contributed by atoms with Gasteiger partial charge in [0.25, 0.3) is 0 Å². The van der Waals surface area contributed by atoms with Gasteiger partial charge in [0.1, 0.15) is 0 Å². The van der Waals surface area contributed by atoms with E-state index in [1.807, 2.05) is 11.8 Å². The number of fused-ring (bicyclic) bond motifs is 4. The topological polar surface area (TPSA) is 40.6 Å². The minimum absolute atomic E-state index is 0.0535. The van der Waals surface area contributed by atoms with E-state index >= 15 is 0 Å². The molecule has 3 saturated heterocycles. The first-order valence-electron chi connectivity index (χ1n) is 9.04. The number of carbonyl (C=O) groups is 2. The fraction of sp³-hybridized carbons (Fsp3) is 0.579. The zero-order valence-electron chi connectivity index (χ0n) is 14.8. The van der Waals surface area contributed by atoms with Gasteiger partial charge in [-0.15, -0.1) is 0 Å². The van der Waals surface area contributed by atoms with Gasteiger partial charge in [-0.25, -0.2) is 0 Å². The summed E-state index contributed by atoms with van der Waals surface area (Å²) in [6, 6.07) is 4.75. The van der Waals surface area contributed by atoms with Crippen LogP contribution in [0.25, 0.3) is 0 Å². The normalized spacial score (nSPS) is 23.3. The lowest BCUT2D eigenvalue weighted by molar-refractivity contribution is -0.140. The molecule has 2 amide bonds. The number of nitrogens with zero attached hydrogens (tertiary/aromatic N) is 2. The summed E-state index contributed by atoms with van der Waals surface area (Å²) < 4.78 is 37.9. The van der Waals surface area contributed by atoms with Crippen molar-refractivity contribution in [2.45, 2.75) is 44.8 Å². The molecule has 3 fully saturated rings. The lowest BCUT2D eigenvalue weighted by atomic mass is 9.94. The highest BCUT2D eigenvalue weighted by Crippen LogP contribution is 2.31. The predicted octanol–water partition coefficient (Wildman–Crippen LogP) is 3.11. The third-order valence-electron chi connectivity index (χ3n) is 5.25. The van der Waals surface area contributed by atoms with Gasteiger partial charge in [-0.2, -0.15) is 13.2 Å². The van der Waals surface area contributed by atoms with E-state index in [0.717, 1.165) is 31.4 Å². The van der Waals surface area contributed by atoms with E-state index in [0.29, 0.717) is 25.2 Å². The summed E-state index contributed by atoms with van der Waals surface area (Å²) in [5, 5.41) is 0. The van der Waals surface area contributed by atoms with E-state index in [4.69, 9.17) is 0 Å². The highest BCUT2D eigenvalue weighted by atomic mass is 19.4. The Morgan fingerprint density at radius 3 is 2.46 bits per heavy atom. The molecule has 0 N–H and O–H groups in total. The summed E-state index contributed by atoms with van der Waals surface area (Å²) in [6.07, 6.45) is -1.74. The van der Waals surface area contributed by atoms with E-state index in [1.165, 1.54) is 12.1 Å². The Hall–Kier alpha value is -2.05. The molecule has 4 nitrogen and oxygen atoms in total. The van der Waals surface area contributed by atoms with Gasteiger partial charge in [-0.3, -0.25) is 9.59 Å². The van der Waals surface area contributed by atoms with Crippen molar-refractivity contribution in [1.82, 2.24) is 9.80 Å². The van der Waals surface area contributed by atoms with Gasteiger partial charge in [0.2, 0.25) is 11.8 Å². The molecular weight excluding hydrogens is 345 g/mol. The standard InChI is InChI=1S/C19H23F3N2O2/c1-2-9-24-16-8-5-14(18(24)26)11-23(12-16)17(25)10-13-3-6-15(7-4-13)19(20,21)22/h3-4,6-7,14,16H,2,5,8-12H2,1H3/t14-,16+/m0/s1. The van der Waals surface area contributed by atoms with E-state index in [1.54, 1.807) is 4.90 Å². The fourth-order valence-corrected chi connectivity index (χ4v) is 3.88. The van der Waals surface area contributed by atoms with Crippen molar-refractivity contribution in [3.8, 4) is 0 Å². The smallest absolute Gasteiger partial charge is 0.340 e. The fourth-order valence-electron chi connectivity index (χ4n) is 3.88. The first-order valence-corrected chi connectivity index (χ1v) is 9.04. The summed E-state index contributed by atoms with van der Waals surface area (Å²) in [7, 11) is 0. The number of piperidine rings is 1. The van der Waals surface area contributed by atoms with Crippen LogP contribution >= 0.6 is 0 Å². The molecule has 3 aliphatic heterocycles. The number of rotatable bonds is 4. The summed E-state index contributed by atoms with van der Waals surface area (Å²) in [6.45, 7) is 3.66. The van der Waals surface area contributed by atoms with Gasteiger partial charge in [0.05, 0.1) is 17.9 Å². The largest absolute Gasteiger partial charge is 0.416 e. The maximum absolute atomic E-state index is 12.7. The summed E-state index contributed by atoms with van der Waals surface area (Å²) >= 11 is 0. The second-order valence-corrected chi connectivity index (χ2v) is 7.13. The monoisotopic (exact) mass is 368 g/mol. The quantitative estimate of drug-likeness (QED) is 0.819. The Bertz CT molecular complexity index is 672. The van der Waals surface area contributed by atoms with E-state index < -0.39 is 11.7 Å². The maximum atomic E-state index is 12.7. The van der Waals surface area contributed by atoms with Crippen LogP contribution in [0.4, 0.5) is 13.2 Å². The average Bonchev–Trinajstić information content (AvgIpc) is 2.88. The Labute approximate surface area is 151 Å². The Morgan fingerprint density at radius 1 is 1.15 bits per heavy atom. The zero-order valence-corrected chi connectivity index (χ0v) is 14.8. The lowest BCUT2D eigenvalue weighted by Crippen LogP contribution is -2.48. The van der Waals surface area contributed by atoms with Crippen molar-refractivity contribution in [3.63, 3.8) is 0 Å². The van der Waals surface area contributed by atoms with Crippen molar-refractivity contribution >= 4 is 11.8 Å². The molecule has 0 aromatic heterocycles. The Kier molecular flexibility index (Phi) is 5.25. The highest BCUT2D eigenvalue weighted by molar-refractivity contribution is 5.84. The zero-order chi connectivity index (χ0) is 18.9. The van der Waals surface area contributed by atoms with Crippen LogP contribution in [0.5, 0.6) is 0 Å². The summed E-state index contributed by atoms with van der Waals surface area (Å²) in [5.74, 6) is -0.155. The minimum Gasteiger partial charge on any atom is -0.340 e. The number of benzene rings is 1. The van der Waals surface area contributed by atoms with Gasteiger partial charge >= 0.3 is 6.18 Å². The van der Waals surface area contributed by atoms with Crippen LogP contribution in [0, 0.1) is 5.92 Å². The van der Waals surface area contributed by atoms with Crippen LogP contribution in [-0.4, -0.2) is 47.3 Å². The average molecular weight is 368 g/mol. The molecule has 1 aromatic carbocycles. The number of hydrogen-bond donors (Lipinski definition) is 0. The molecule has 0 radical (unpaired) electrons. The van der Waals surface area contributed by atoms with Crippen LogP contribution in [-0.2, 0) is 22.2 Å². The molecule has 7 heteroatoms. The molecule has 26 heavy (non-hydrogen) atoms. The van der Waals surface area contributed by atoms with Crippen LogP contribution in [0.1, 0.15) is 37.3 Å². The van der Waals surface area contributed by atoms with Gasteiger partial charge in [0.15, 0.2) is 0 Å². The third-order valence-corrected chi connectivity index (χ3v) is 5.25. The molecule has 3 heterocycles. The lowest BCUT2D eigenvalue weighted by Gasteiger charge is -2.35. The molecule has 1 aromatic rings. The number of alkyl halides is 3. The van der Waals surface area contributed by atoms with Gasteiger partial charge in [-0.05, 0) is 37.0 Å². The molecule has 0 aliphatic carbocycles. The summed E-state index contributed by atoms with van der Waals surface area (Å²) in [5.41, 5.74) is -0.168. The molecule has 2 bridgehead atoms. The number of halogens is 3. The van der Waals surface area contributed by atoms with Crippen molar-refractivity contribution in [2.75, 3.05) is 19.6 Å². The first kappa shape index (κ1) is 18.7.